The normalized spacial score (nSPS) is 10.8. The molecule has 0 spiro atoms. The lowest BCUT2D eigenvalue weighted by atomic mass is 10.2. The van der Waals surface area contributed by atoms with E-state index < -0.39 is 0 Å². The lowest BCUT2D eigenvalue weighted by Gasteiger charge is -2.18. The fourth-order valence-electron chi connectivity index (χ4n) is 2.18. The van der Waals surface area contributed by atoms with Gasteiger partial charge in [-0.05, 0) is 30.7 Å². The molecule has 4 heteroatoms. The lowest BCUT2D eigenvalue weighted by molar-refractivity contribution is 0.373. The highest BCUT2D eigenvalue weighted by molar-refractivity contribution is 5.84. The maximum atomic E-state index is 9.96. The fourth-order valence-corrected chi connectivity index (χ4v) is 2.18. The van der Waals surface area contributed by atoms with Crippen LogP contribution in [0.15, 0.2) is 53.5 Å². The average Bonchev–Trinajstić information content (AvgIpc) is 2.56. The zero-order chi connectivity index (χ0) is 15.8. The van der Waals surface area contributed by atoms with E-state index in [4.69, 9.17) is 4.74 Å². The maximum Gasteiger partial charge on any atom is 0.166 e. The summed E-state index contributed by atoms with van der Waals surface area (Å²) in [5.74, 6) is 0.600. The van der Waals surface area contributed by atoms with Crippen LogP contribution in [-0.2, 0) is 0 Å². The molecule has 0 saturated carbocycles. The van der Waals surface area contributed by atoms with Gasteiger partial charge in [-0.25, -0.2) is 0 Å². The van der Waals surface area contributed by atoms with Crippen LogP contribution >= 0.6 is 0 Å². The topological polar surface area (TPSA) is 45.1 Å². The van der Waals surface area contributed by atoms with Gasteiger partial charge in [0.1, 0.15) is 0 Å². The van der Waals surface area contributed by atoms with Crippen LogP contribution in [0.4, 0.5) is 5.69 Å². The summed E-state index contributed by atoms with van der Waals surface area (Å²) in [4.78, 5) is 6.58. The van der Waals surface area contributed by atoms with Gasteiger partial charge in [0.25, 0.3) is 0 Å². The van der Waals surface area contributed by atoms with Crippen molar-refractivity contribution in [3.8, 4) is 11.5 Å². The van der Waals surface area contributed by atoms with E-state index in [-0.39, 0.29) is 5.75 Å². The van der Waals surface area contributed by atoms with Gasteiger partial charge in [0.05, 0.1) is 7.11 Å². The number of hydrogen-bond donors (Lipinski definition) is 1. The number of ether oxygens (including phenoxy) is 1. The SMILES string of the molecule is COc1cccc(C=NCCCN(C)c2ccccc2)c1O. The summed E-state index contributed by atoms with van der Waals surface area (Å²) in [7, 11) is 3.61. The van der Waals surface area contributed by atoms with Gasteiger partial charge in [-0.1, -0.05) is 24.3 Å². The summed E-state index contributed by atoms with van der Waals surface area (Å²) in [6, 6.07) is 15.7. The van der Waals surface area contributed by atoms with Gasteiger partial charge in [-0.2, -0.15) is 0 Å². The van der Waals surface area contributed by atoms with E-state index in [1.807, 2.05) is 30.3 Å². The minimum Gasteiger partial charge on any atom is -0.504 e. The molecule has 0 fully saturated rings. The van der Waals surface area contributed by atoms with Crippen molar-refractivity contribution < 1.29 is 9.84 Å². The predicted octanol–water partition coefficient (Wildman–Crippen LogP) is 3.35. The largest absolute Gasteiger partial charge is 0.504 e. The minimum absolute atomic E-state index is 0.134. The molecule has 0 aliphatic carbocycles. The highest BCUT2D eigenvalue weighted by Gasteiger charge is 2.04. The highest BCUT2D eigenvalue weighted by atomic mass is 16.5. The summed E-state index contributed by atoms with van der Waals surface area (Å²) in [6.45, 7) is 1.65. The van der Waals surface area contributed by atoms with Gasteiger partial charge < -0.3 is 14.7 Å². The molecule has 0 amide bonds. The van der Waals surface area contributed by atoms with Crippen molar-refractivity contribution in [1.82, 2.24) is 0 Å². The summed E-state index contributed by atoms with van der Waals surface area (Å²) in [5, 5.41) is 9.96. The average molecular weight is 298 g/mol. The van der Waals surface area contributed by atoms with Crippen molar-refractivity contribution in [2.45, 2.75) is 6.42 Å². The van der Waals surface area contributed by atoms with E-state index in [1.54, 1.807) is 12.3 Å². The molecule has 0 aromatic heterocycles. The van der Waals surface area contributed by atoms with Crippen LogP contribution in [0.3, 0.4) is 0 Å². The highest BCUT2D eigenvalue weighted by Crippen LogP contribution is 2.27. The Balaban J connectivity index is 1.81. The second-order valence-corrected chi connectivity index (χ2v) is 5.04. The second kappa shape index (κ2) is 8.08. The molecule has 2 aromatic carbocycles. The van der Waals surface area contributed by atoms with Gasteiger partial charge in [0.2, 0.25) is 0 Å². The number of phenolic OH excluding ortho intramolecular Hbond substituents is 1. The van der Waals surface area contributed by atoms with Gasteiger partial charge >= 0.3 is 0 Å². The van der Waals surface area contributed by atoms with E-state index in [2.05, 4.69) is 29.1 Å². The second-order valence-electron chi connectivity index (χ2n) is 5.04. The van der Waals surface area contributed by atoms with Crippen molar-refractivity contribution in [2.75, 3.05) is 32.1 Å². The van der Waals surface area contributed by atoms with Crippen LogP contribution in [0.2, 0.25) is 0 Å². The first-order chi connectivity index (χ1) is 10.7. The third-order valence-corrected chi connectivity index (χ3v) is 3.46. The number of rotatable bonds is 7. The number of nitrogens with zero attached hydrogens (tertiary/aromatic N) is 2. The number of methoxy groups -OCH3 is 1. The monoisotopic (exact) mass is 298 g/mol. The Kier molecular flexibility index (Phi) is 5.83. The van der Waals surface area contributed by atoms with Crippen molar-refractivity contribution >= 4 is 11.9 Å². The summed E-state index contributed by atoms with van der Waals surface area (Å²) in [5.41, 5.74) is 1.88. The minimum atomic E-state index is 0.134. The zero-order valence-electron chi connectivity index (χ0n) is 13.1. The first-order valence-corrected chi connectivity index (χ1v) is 7.34. The standard InChI is InChI=1S/C18H22N2O2/c1-20(16-9-4-3-5-10-16)13-7-12-19-14-15-8-6-11-17(22-2)18(15)21/h3-6,8-11,14,21H,7,12-13H2,1-2H3. The quantitative estimate of drug-likeness (QED) is 0.630. The molecular formula is C18H22N2O2. The van der Waals surface area contributed by atoms with E-state index in [1.165, 1.54) is 12.8 Å². The maximum absolute atomic E-state index is 9.96. The Hall–Kier alpha value is -2.49. The number of benzene rings is 2. The zero-order valence-corrected chi connectivity index (χ0v) is 13.1. The van der Waals surface area contributed by atoms with Crippen LogP contribution in [0.1, 0.15) is 12.0 Å². The molecule has 0 aliphatic rings. The first kappa shape index (κ1) is 15.9. The molecule has 1 N–H and O–H groups in total. The molecule has 4 nitrogen and oxygen atoms in total. The summed E-state index contributed by atoms with van der Waals surface area (Å²) in [6.07, 6.45) is 2.65. The molecule has 0 aliphatic heterocycles. The Labute approximate surface area is 131 Å². The van der Waals surface area contributed by atoms with Crippen molar-refractivity contribution in [1.29, 1.82) is 0 Å². The smallest absolute Gasteiger partial charge is 0.166 e. The fraction of sp³-hybridized carbons (Fsp3) is 0.278. The van der Waals surface area contributed by atoms with Gasteiger partial charge in [0.15, 0.2) is 11.5 Å². The van der Waals surface area contributed by atoms with Crippen molar-refractivity contribution in [3.05, 3.63) is 54.1 Å². The van der Waals surface area contributed by atoms with Gasteiger partial charge in [-0.15, -0.1) is 0 Å². The number of para-hydroxylation sites is 2. The Bertz CT molecular complexity index is 612. The molecular weight excluding hydrogens is 276 g/mol. The summed E-state index contributed by atoms with van der Waals surface area (Å²) < 4.78 is 5.08. The molecule has 2 aromatic rings. The Morgan fingerprint density at radius 2 is 1.91 bits per heavy atom. The first-order valence-electron chi connectivity index (χ1n) is 7.34. The lowest BCUT2D eigenvalue weighted by Crippen LogP contribution is -2.18. The Morgan fingerprint density at radius 3 is 2.64 bits per heavy atom. The summed E-state index contributed by atoms with van der Waals surface area (Å²) >= 11 is 0. The molecule has 2 rings (SSSR count). The molecule has 0 atom stereocenters. The van der Waals surface area contributed by atoms with Crippen LogP contribution < -0.4 is 9.64 Å². The van der Waals surface area contributed by atoms with Crippen LogP contribution in [0.25, 0.3) is 0 Å². The third kappa shape index (κ3) is 4.25. The molecule has 0 saturated heterocycles. The Morgan fingerprint density at radius 1 is 1.14 bits per heavy atom. The van der Waals surface area contributed by atoms with E-state index in [0.29, 0.717) is 17.9 Å². The molecule has 0 unspecified atom stereocenters. The predicted molar refractivity (Wildman–Crippen MR) is 91.4 cm³/mol. The van der Waals surface area contributed by atoms with Crippen molar-refractivity contribution in [2.24, 2.45) is 4.99 Å². The molecule has 22 heavy (non-hydrogen) atoms. The number of hydrogen-bond acceptors (Lipinski definition) is 4. The third-order valence-electron chi connectivity index (χ3n) is 3.46. The van der Waals surface area contributed by atoms with Crippen LogP contribution in [-0.4, -0.2) is 38.6 Å². The van der Waals surface area contributed by atoms with Gasteiger partial charge in [-0.3, -0.25) is 4.99 Å². The van der Waals surface area contributed by atoms with Crippen molar-refractivity contribution in [3.63, 3.8) is 0 Å². The number of phenols is 1. The number of aliphatic imine (C=N–C) groups is 1. The van der Waals surface area contributed by atoms with Crippen LogP contribution in [0.5, 0.6) is 11.5 Å². The molecule has 0 heterocycles. The molecule has 0 bridgehead atoms. The molecule has 0 radical (unpaired) electrons. The number of aromatic hydroxyl groups is 1. The number of anilines is 1. The van der Waals surface area contributed by atoms with E-state index in [0.717, 1.165) is 13.0 Å². The van der Waals surface area contributed by atoms with E-state index >= 15 is 0 Å². The van der Waals surface area contributed by atoms with E-state index in [9.17, 15) is 5.11 Å². The molecule has 116 valence electrons. The van der Waals surface area contributed by atoms with Crippen LogP contribution in [0, 0.1) is 0 Å². The van der Waals surface area contributed by atoms with Gasteiger partial charge in [0, 0.05) is 37.6 Å².